The Labute approximate surface area is 213 Å². The van der Waals surface area contributed by atoms with Gasteiger partial charge in [-0.3, -0.25) is 14.4 Å². The Balaban J connectivity index is 1.49. The second-order valence-corrected chi connectivity index (χ2v) is 11.0. The second-order valence-electron chi connectivity index (χ2n) is 11.0. The number of hydrogen-bond acceptors (Lipinski definition) is 5. The number of amides is 3. The molecule has 2 bridgehead atoms. The summed E-state index contributed by atoms with van der Waals surface area (Å²) in [4.78, 5) is 42.9. The molecule has 5 rings (SSSR count). The van der Waals surface area contributed by atoms with Crippen LogP contribution in [-0.4, -0.2) is 70.7 Å². The van der Waals surface area contributed by atoms with Crippen LogP contribution >= 0.6 is 0 Å². The lowest BCUT2D eigenvalue weighted by atomic mass is 9.70. The van der Waals surface area contributed by atoms with E-state index in [9.17, 15) is 19.5 Å². The molecule has 1 aliphatic carbocycles. The molecule has 3 N–H and O–H groups in total. The van der Waals surface area contributed by atoms with Crippen molar-refractivity contribution in [1.29, 1.82) is 0 Å². The standard InChI is InChI=1S/C28H39N3O5/c1-2-15-29-25(33)22-21-13-14-28(36-21)23(22)27(35)31(20(17-32)16-18-9-5-3-6-10-18)24(28)26(34)30-19-11-7-4-8-12-19/h3,5-6,9-10,19-24,32H,2,4,7-8,11-17H2,1H3,(H,29,33)(H,30,34)/t20-,21-,22+,23+,24?,28?/m1/s1. The monoisotopic (exact) mass is 497 g/mol. The fourth-order valence-corrected chi connectivity index (χ4v) is 7.11. The van der Waals surface area contributed by atoms with Crippen molar-refractivity contribution < 1.29 is 24.2 Å². The van der Waals surface area contributed by atoms with E-state index in [4.69, 9.17) is 4.74 Å². The molecule has 6 atom stereocenters. The van der Waals surface area contributed by atoms with E-state index in [1.807, 2.05) is 37.3 Å². The van der Waals surface area contributed by atoms with Gasteiger partial charge in [0.25, 0.3) is 0 Å². The lowest BCUT2D eigenvalue weighted by molar-refractivity contribution is -0.146. The van der Waals surface area contributed by atoms with Gasteiger partial charge in [0.1, 0.15) is 11.6 Å². The number of rotatable bonds is 9. The third-order valence-electron chi connectivity index (χ3n) is 8.71. The first-order chi connectivity index (χ1) is 17.5. The second kappa shape index (κ2) is 10.5. The SMILES string of the molecule is CCCNC(=O)[C@@H]1[C@H]2C(=O)N([C@@H](CO)Cc3ccccc3)C(C(=O)NC3CCCCC3)C23CC[C@H]1O3. The van der Waals surface area contributed by atoms with Crippen LogP contribution in [0.25, 0.3) is 0 Å². The van der Waals surface area contributed by atoms with Crippen LogP contribution in [0.1, 0.15) is 63.9 Å². The van der Waals surface area contributed by atoms with Crippen molar-refractivity contribution in [2.75, 3.05) is 13.2 Å². The first-order valence-electron chi connectivity index (χ1n) is 13.7. The Kier molecular flexibility index (Phi) is 7.35. The molecule has 3 amide bonds. The van der Waals surface area contributed by atoms with Gasteiger partial charge in [0.15, 0.2) is 0 Å². The van der Waals surface area contributed by atoms with Crippen LogP contribution in [-0.2, 0) is 25.5 Å². The van der Waals surface area contributed by atoms with E-state index in [0.717, 1.165) is 37.7 Å². The molecule has 196 valence electrons. The molecule has 1 aromatic rings. The van der Waals surface area contributed by atoms with Gasteiger partial charge in [-0.15, -0.1) is 0 Å². The third-order valence-corrected chi connectivity index (χ3v) is 8.71. The van der Waals surface area contributed by atoms with Gasteiger partial charge in [0, 0.05) is 12.6 Å². The van der Waals surface area contributed by atoms with E-state index < -0.39 is 29.5 Å². The fraction of sp³-hybridized carbons (Fsp3) is 0.679. The normalized spacial score (nSPS) is 32.4. The van der Waals surface area contributed by atoms with E-state index in [0.29, 0.717) is 25.8 Å². The molecule has 1 spiro atoms. The Morgan fingerprint density at radius 2 is 1.89 bits per heavy atom. The highest BCUT2D eigenvalue weighted by Gasteiger charge is 2.75. The summed E-state index contributed by atoms with van der Waals surface area (Å²) in [6.07, 6.45) is 7.29. The van der Waals surface area contributed by atoms with E-state index >= 15 is 0 Å². The van der Waals surface area contributed by atoms with E-state index in [1.54, 1.807) is 4.90 Å². The first kappa shape index (κ1) is 25.2. The maximum Gasteiger partial charge on any atom is 0.246 e. The number of likely N-dealkylation sites (tertiary alicyclic amines) is 1. The highest BCUT2D eigenvalue weighted by atomic mass is 16.5. The Bertz CT molecular complexity index is 965. The summed E-state index contributed by atoms with van der Waals surface area (Å²) in [7, 11) is 0. The summed E-state index contributed by atoms with van der Waals surface area (Å²) < 4.78 is 6.50. The number of fused-ring (bicyclic) bond motifs is 1. The van der Waals surface area contributed by atoms with Gasteiger partial charge < -0.3 is 25.4 Å². The van der Waals surface area contributed by atoms with Gasteiger partial charge in [-0.2, -0.15) is 0 Å². The van der Waals surface area contributed by atoms with Crippen molar-refractivity contribution in [2.45, 2.75) is 94.5 Å². The van der Waals surface area contributed by atoms with Crippen LogP contribution in [0.4, 0.5) is 0 Å². The number of benzene rings is 1. The molecule has 4 aliphatic rings. The lowest BCUT2D eigenvalue weighted by Gasteiger charge is -2.38. The number of nitrogens with zero attached hydrogens (tertiary/aromatic N) is 1. The molecule has 0 aromatic heterocycles. The van der Waals surface area contributed by atoms with Gasteiger partial charge in [0.05, 0.1) is 30.6 Å². The van der Waals surface area contributed by atoms with Crippen molar-refractivity contribution in [1.82, 2.24) is 15.5 Å². The average Bonchev–Trinajstić information content (AvgIpc) is 3.54. The van der Waals surface area contributed by atoms with Gasteiger partial charge in [-0.05, 0) is 44.1 Å². The summed E-state index contributed by atoms with van der Waals surface area (Å²) in [5, 5.41) is 16.6. The third kappa shape index (κ3) is 4.32. The molecule has 3 saturated heterocycles. The highest BCUT2D eigenvalue weighted by molar-refractivity contribution is 5.99. The van der Waals surface area contributed by atoms with Crippen LogP contribution in [0.15, 0.2) is 30.3 Å². The summed E-state index contributed by atoms with van der Waals surface area (Å²) in [5.74, 6) is -1.94. The van der Waals surface area contributed by atoms with Gasteiger partial charge in [0.2, 0.25) is 17.7 Å². The van der Waals surface area contributed by atoms with Crippen LogP contribution in [0.5, 0.6) is 0 Å². The van der Waals surface area contributed by atoms with E-state index in [-0.39, 0.29) is 36.5 Å². The Morgan fingerprint density at radius 3 is 2.58 bits per heavy atom. The molecule has 36 heavy (non-hydrogen) atoms. The molecule has 1 aromatic carbocycles. The zero-order chi connectivity index (χ0) is 25.3. The Morgan fingerprint density at radius 1 is 1.14 bits per heavy atom. The maximum atomic E-state index is 14.1. The van der Waals surface area contributed by atoms with Crippen molar-refractivity contribution in [3.05, 3.63) is 35.9 Å². The fourth-order valence-electron chi connectivity index (χ4n) is 7.11. The molecule has 2 unspecified atom stereocenters. The zero-order valence-electron chi connectivity index (χ0n) is 21.2. The predicted molar refractivity (Wildman–Crippen MR) is 134 cm³/mol. The summed E-state index contributed by atoms with van der Waals surface area (Å²) in [6, 6.07) is 8.35. The number of carbonyl (C=O) groups is 3. The van der Waals surface area contributed by atoms with Crippen molar-refractivity contribution >= 4 is 17.7 Å². The largest absolute Gasteiger partial charge is 0.394 e. The van der Waals surface area contributed by atoms with Crippen LogP contribution in [0.2, 0.25) is 0 Å². The topological polar surface area (TPSA) is 108 Å². The molecule has 1 saturated carbocycles. The molecule has 0 radical (unpaired) electrons. The molecule has 3 heterocycles. The summed E-state index contributed by atoms with van der Waals surface area (Å²) in [5.41, 5.74) is -0.0495. The highest BCUT2D eigenvalue weighted by Crippen LogP contribution is 2.58. The molecular weight excluding hydrogens is 458 g/mol. The van der Waals surface area contributed by atoms with Crippen molar-refractivity contribution in [3.63, 3.8) is 0 Å². The number of ether oxygens (including phenoxy) is 1. The molecule has 8 heteroatoms. The molecule has 3 aliphatic heterocycles. The minimum Gasteiger partial charge on any atom is -0.394 e. The van der Waals surface area contributed by atoms with Gasteiger partial charge >= 0.3 is 0 Å². The molecular formula is C28H39N3O5. The number of aliphatic hydroxyl groups excluding tert-OH is 1. The van der Waals surface area contributed by atoms with Crippen LogP contribution in [0.3, 0.4) is 0 Å². The van der Waals surface area contributed by atoms with Crippen molar-refractivity contribution in [3.8, 4) is 0 Å². The van der Waals surface area contributed by atoms with Crippen LogP contribution < -0.4 is 10.6 Å². The minimum atomic E-state index is -1.03. The van der Waals surface area contributed by atoms with Crippen LogP contribution in [0, 0.1) is 11.8 Å². The zero-order valence-corrected chi connectivity index (χ0v) is 21.2. The predicted octanol–water partition coefficient (Wildman–Crippen LogP) is 1.94. The lowest BCUT2D eigenvalue weighted by Crippen LogP contribution is -2.59. The van der Waals surface area contributed by atoms with E-state index in [2.05, 4.69) is 10.6 Å². The van der Waals surface area contributed by atoms with Gasteiger partial charge in [-0.1, -0.05) is 56.5 Å². The summed E-state index contributed by atoms with van der Waals surface area (Å²) >= 11 is 0. The van der Waals surface area contributed by atoms with Crippen molar-refractivity contribution in [2.24, 2.45) is 11.8 Å². The smallest absolute Gasteiger partial charge is 0.246 e. The molecule has 8 nitrogen and oxygen atoms in total. The quantitative estimate of drug-likeness (QED) is 0.483. The minimum absolute atomic E-state index is 0.0857. The number of carbonyl (C=O) groups excluding carboxylic acids is 3. The Hall–Kier alpha value is -2.45. The molecule has 4 fully saturated rings. The average molecular weight is 498 g/mol. The number of aliphatic hydroxyl groups is 1. The van der Waals surface area contributed by atoms with E-state index in [1.165, 1.54) is 6.42 Å². The van der Waals surface area contributed by atoms with Gasteiger partial charge in [-0.25, -0.2) is 0 Å². The number of nitrogens with one attached hydrogen (secondary N) is 2. The number of hydrogen-bond donors (Lipinski definition) is 3. The summed E-state index contributed by atoms with van der Waals surface area (Å²) in [6.45, 7) is 2.26. The maximum absolute atomic E-state index is 14.1. The first-order valence-corrected chi connectivity index (χ1v) is 13.7.